The van der Waals surface area contributed by atoms with Crippen LogP contribution in [0.4, 0.5) is 0 Å². The molecule has 0 aliphatic carbocycles. The molecule has 0 aromatic carbocycles. The first-order valence-corrected chi connectivity index (χ1v) is 3.61. The molecule has 0 N–H and O–H groups in total. The molecule has 0 unspecified atom stereocenters. The molecule has 58 valence electrons. The summed E-state index contributed by atoms with van der Waals surface area (Å²) in [4.78, 5) is 2.22. The number of hydrogen-bond acceptors (Lipinski definition) is 1. The fourth-order valence-corrected chi connectivity index (χ4v) is 1.18. The zero-order chi connectivity index (χ0) is 7.94. The van der Waals surface area contributed by atoms with Gasteiger partial charge in [0.05, 0.1) is 18.9 Å². The van der Waals surface area contributed by atoms with E-state index in [-0.39, 0.29) is 5.54 Å². The van der Waals surface area contributed by atoms with Crippen LogP contribution in [0.1, 0.15) is 20.8 Å². The largest absolute Gasteiger partial charge is 0.397 e. The third-order valence-corrected chi connectivity index (χ3v) is 2.64. The highest BCUT2D eigenvalue weighted by Crippen LogP contribution is 2.27. The maximum atomic E-state index is 2.22. The van der Waals surface area contributed by atoms with E-state index in [0.29, 0.717) is 0 Å². The summed E-state index contributed by atoms with van der Waals surface area (Å²) in [7, 11) is 4.19. The summed E-state index contributed by atoms with van der Waals surface area (Å²) in [5.74, 6) is 0. The van der Waals surface area contributed by atoms with Crippen molar-refractivity contribution in [2.45, 2.75) is 26.3 Å². The molecule has 2 heteroatoms. The molecule has 1 aliphatic heterocycles. The quantitative estimate of drug-likeness (QED) is 0.358. The second-order valence-electron chi connectivity index (χ2n) is 3.48. The van der Waals surface area contributed by atoms with Crippen molar-refractivity contribution in [3.8, 4) is 0 Å². The highest BCUT2D eigenvalue weighted by Gasteiger charge is 2.33. The van der Waals surface area contributed by atoms with E-state index >= 15 is 0 Å². The van der Waals surface area contributed by atoms with Gasteiger partial charge in [-0.3, -0.25) is 0 Å². The maximum absolute atomic E-state index is 2.22. The molecule has 0 radical (unpaired) electrons. The van der Waals surface area contributed by atoms with E-state index in [9.17, 15) is 0 Å². The van der Waals surface area contributed by atoms with Gasteiger partial charge in [-0.25, -0.2) is 0 Å². The monoisotopic (exact) mass is 140 g/mol. The summed E-state index contributed by atoms with van der Waals surface area (Å²) in [6.45, 7) is 6.62. The first-order chi connectivity index (χ1) is 4.46. The highest BCUT2D eigenvalue weighted by molar-refractivity contribution is 5.54. The summed E-state index contributed by atoms with van der Waals surface area (Å²) in [6, 6.07) is 1.40. The Morgan fingerprint density at radius 3 is 2.10 bits per heavy atom. The van der Waals surface area contributed by atoms with Gasteiger partial charge in [0, 0.05) is 7.05 Å². The molecule has 0 spiro atoms. The van der Waals surface area contributed by atoms with Gasteiger partial charge in [-0.05, 0) is 19.9 Å². The van der Waals surface area contributed by atoms with Crippen LogP contribution in [0.5, 0.6) is 0 Å². The minimum Gasteiger partial charge on any atom is -0.397 e. The van der Waals surface area contributed by atoms with Crippen LogP contribution in [-0.2, 0) is 0 Å². The summed E-state index contributed by atoms with van der Waals surface area (Å²) < 4.78 is 2.17. The first-order valence-electron chi connectivity index (χ1n) is 3.61. The van der Waals surface area contributed by atoms with Gasteiger partial charge in [0.15, 0.2) is 0 Å². The van der Waals surface area contributed by atoms with E-state index in [0.717, 1.165) is 0 Å². The van der Waals surface area contributed by atoms with Crippen LogP contribution in [0.25, 0.3) is 0 Å². The highest BCUT2D eigenvalue weighted by atomic mass is 15.3. The zero-order valence-corrected chi connectivity index (χ0v) is 7.47. The molecule has 1 heterocycles. The molecule has 0 saturated heterocycles. The molecule has 10 heavy (non-hydrogen) atoms. The molecule has 0 fully saturated rings. The van der Waals surface area contributed by atoms with Crippen LogP contribution in [0, 0.1) is 6.04 Å². The van der Waals surface area contributed by atoms with Crippen molar-refractivity contribution in [1.29, 1.82) is 0 Å². The normalized spacial score (nSPS) is 23.5. The Hall–Kier alpha value is -0.660. The lowest BCUT2D eigenvalue weighted by atomic mass is 9.96. The zero-order valence-electron chi connectivity index (χ0n) is 7.47. The number of likely N-dealkylation sites (N-methyl/N-ethyl adjacent to an activating group) is 2. The Bertz CT molecular complexity index is 170. The van der Waals surface area contributed by atoms with Crippen molar-refractivity contribution in [2.75, 3.05) is 14.1 Å². The lowest BCUT2D eigenvalue weighted by molar-refractivity contribution is -0.475. The third kappa shape index (κ3) is 0.789. The van der Waals surface area contributed by atoms with E-state index in [1.165, 1.54) is 6.04 Å². The van der Waals surface area contributed by atoms with Gasteiger partial charge in [0.1, 0.15) is 0 Å². The number of nitrogens with zero attached hydrogens (tertiary/aromatic N) is 2. The smallest absolute Gasteiger partial charge is 0.0923 e. The molecule has 0 bridgehead atoms. The lowest BCUT2D eigenvalue weighted by Gasteiger charge is -2.32. The second-order valence-corrected chi connectivity index (χ2v) is 3.48. The molecule has 2 nitrogen and oxygen atoms in total. The minimum atomic E-state index is 0.203. The van der Waals surface area contributed by atoms with E-state index in [1.807, 2.05) is 0 Å². The molecular weight excluding hydrogens is 124 g/mol. The van der Waals surface area contributed by atoms with E-state index in [4.69, 9.17) is 0 Å². The van der Waals surface area contributed by atoms with Crippen LogP contribution in [0.3, 0.4) is 0 Å². The van der Waals surface area contributed by atoms with Gasteiger partial charge in [-0.15, -0.1) is 0 Å². The Morgan fingerprint density at radius 2 is 2.00 bits per heavy atom. The Labute approximate surface area is 63.2 Å². The van der Waals surface area contributed by atoms with Crippen LogP contribution in [0.15, 0.2) is 0 Å². The van der Waals surface area contributed by atoms with E-state index in [1.54, 1.807) is 0 Å². The van der Waals surface area contributed by atoms with Crippen molar-refractivity contribution >= 4 is 6.34 Å². The SMILES string of the molecule is C[C-]1[N+](C)=CN(C)C1(C)C. The van der Waals surface area contributed by atoms with Crippen LogP contribution < -0.4 is 0 Å². The molecule has 1 aliphatic rings. The predicted molar refractivity (Wildman–Crippen MR) is 43.0 cm³/mol. The van der Waals surface area contributed by atoms with Crippen LogP contribution in [0.2, 0.25) is 0 Å². The lowest BCUT2D eigenvalue weighted by Crippen LogP contribution is -2.39. The molecular formula is C8H16N2. The van der Waals surface area contributed by atoms with Crippen molar-refractivity contribution in [1.82, 2.24) is 4.90 Å². The average Bonchev–Trinajstić information content (AvgIpc) is 1.97. The van der Waals surface area contributed by atoms with Gasteiger partial charge in [0.2, 0.25) is 0 Å². The van der Waals surface area contributed by atoms with Crippen molar-refractivity contribution in [3.63, 3.8) is 0 Å². The predicted octanol–water partition coefficient (Wildman–Crippen LogP) is 0.933. The topological polar surface area (TPSA) is 6.25 Å². The summed E-state index contributed by atoms with van der Waals surface area (Å²) in [6.07, 6.45) is 2.12. The first kappa shape index (κ1) is 7.45. The van der Waals surface area contributed by atoms with Crippen molar-refractivity contribution in [2.24, 2.45) is 0 Å². The fourth-order valence-electron chi connectivity index (χ4n) is 1.18. The Balaban J connectivity index is 2.87. The third-order valence-electron chi connectivity index (χ3n) is 2.64. The summed E-state index contributed by atoms with van der Waals surface area (Å²) in [5.41, 5.74) is 0.203. The summed E-state index contributed by atoms with van der Waals surface area (Å²) in [5, 5.41) is 0. The number of hydrogen-bond donors (Lipinski definition) is 0. The Kier molecular flexibility index (Phi) is 1.42. The molecule has 0 aromatic heterocycles. The summed E-state index contributed by atoms with van der Waals surface area (Å²) >= 11 is 0. The van der Waals surface area contributed by atoms with Gasteiger partial charge < -0.3 is 9.48 Å². The maximum Gasteiger partial charge on any atom is 0.0923 e. The van der Waals surface area contributed by atoms with E-state index < -0.39 is 0 Å². The van der Waals surface area contributed by atoms with Crippen LogP contribution in [-0.4, -0.2) is 35.4 Å². The van der Waals surface area contributed by atoms with Gasteiger partial charge in [-0.2, -0.15) is 0 Å². The molecule has 0 aromatic rings. The molecule has 0 amide bonds. The Morgan fingerprint density at radius 1 is 1.50 bits per heavy atom. The second kappa shape index (κ2) is 1.91. The number of rotatable bonds is 0. The minimum absolute atomic E-state index is 0.203. The fraction of sp³-hybridized carbons (Fsp3) is 0.750. The van der Waals surface area contributed by atoms with Crippen molar-refractivity contribution in [3.05, 3.63) is 6.04 Å². The van der Waals surface area contributed by atoms with Gasteiger partial charge >= 0.3 is 0 Å². The van der Waals surface area contributed by atoms with Crippen LogP contribution >= 0.6 is 0 Å². The average molecular weight is 140 g/mol. The standard InChI is InChI=1S/C8H16N2/c1-7-8(2,3)10(5)6-9(7)4/h6H,1-5H3. The molecule has 0 atom stereocenters. The van der Waals surface area contributed by atoms with E-state index in [2.05, 4.69) is 50.7 Å². The van der Waals surface area contributed by atoms with Gasteiger partial charge in [-0.1, -0.05) is 6.92 Å². The van der Waals surface area contributed by atoms with Crippen molar-refractivity contribution < 1.29 is 4.58 Å². The van der Waals surface area contributed by atoms with Gasteiger partial charge in [0.25, 0.3) is 0 Å². The molecule has 0 saturated carbocycles. The molecule has 1 rings (SSSR count).